The fourth-order valence-corrected chi connectivity index (χ4v) is 10.2. The molecule has 3 atom stereocenters. The number of ether oxygens (including phenoxy) is 2. The Morgan fingerprint density at radius 3 is 2.49 bits per heavy atom. The lowest BCUT2D eigenvalue weighted by Gasteiger charge is -2.49. The predicted octanol–water partition coefficient (Wildman–Crippen LogP) is 7.25. The maximum atomic E-state index is 17.9. The number of fused-ring (bicyclic) bond motifs is 6. The molecule has 5 aromatic rings. The summed E-state index contributed by atoms with van der Waals surface area (Å²) in [5.74, 6) is 1.85. The monoisotopic (exact) mass is 783 g/mol. The quantitative estimate of drug-likeness (QED) is 0.129. The van der Waals surface area contributed by atoms with Crippen molar-refractivity contribution in [3.8, 4) is 35.2 Å². The Balaban J connectivity index is 1.23. The molecular weight excluding hydrogens is 739 g/mol. The van der Waals surface area contributed by atoms with Crippen LogP contribution < -0.4 is 9.64 Å². The smallest absolute Gasteiger partial charge is 0.319 e. The van der Waals surface area contributed by atoms with E-state index in [0.717, 1.165) is 45.4 Å². The van der Waals surface area contributed by atoms with Crippen molar-refractivity contribution in [1.29, 1.82) is 0 Å². The van der Waals surface area contributed by atoms with Crippen LogP contribution >= 0.6 is 0 Å². The number of hydrogen-bond acceptors (Lipinski definition) is 9. The summed E-state index contributed by atoms with van der Waals surface area (Å²) in [6, 6.07) is 5.98. The molecule has 14 heteroatoms. The van der Waals surface area contributed by atoms with Gasteiger partial charge in [-0.15, -0.1) is 6.42 Å². The molecule has 298 valence electrons. The van der Waals surface area contributed by atoms with Crippen molar-refractivity contribution in [3.63, 3.8) is 0 Å². The van der Waals surface area contributed by atoms with Crippen molar-refractivity contribution < 1.29 is 32.1 Å². The highest BCUT2D eigenvalue weighted by Crippen LogP contribution is 2.48. The summed E-state index contributed by atoms with van der Waals surface area (Å²) in [4.78, 5) is 16.6. The first-order chi connectivity index (χ1) is 27.4. The molecule has 3 aliphatic heterocycles. The van der Waals surface area contributed by atoms with Gasteiger partial charge in [-0.1, -0.05) is 18.9 Å². The lowest BCUT2D eigenvalue weighted by atomic mass is 9.78. The van der Waals surface area contributed by atoms with Crippen LogP contribution in [0, 0.1) is 35.3 Å². The van der Waals surface area contributed by atoms with Gasteiger partial charge in [-0.05, 0) is 74.2 Å². The number of methoxy groups -OCH3 is 1. The minimum atomic E-state index is -1.72. The first kappa shape index (κ1) is 37.6. The van der Waals surface area contributed by atoms with E-state index in [1.54, 1.807) is 32.0 Å². The average Bonchev–Trinajstić information content (AvgIpc) is 3.66. The van der Waals surface area contributed by atoms with Crippen LogP contribution in [-0.4, -0.2) is 106 Å². The number of halogens is 4. The molecule has 5 heterocycles. The number of aromatic hydroxyl groups is 1. The number of benzene rings is 3. The molecule has 3 saturated heterocycles. The number of nitrogens with zero attached hydrogens (tertiary/aromatic N) is 7. The summed E-state index contributed by atoms with van der Waals surface area (Å²) >= 11 is 0. The zero-order chi connectivity index (χ0) is 39.9. The molecule has 1 saturated carbocycles. The number of phenolic OH excluding ortho intramolecular Hbond substituents is 1. The molecule has 0 radical (unpaired) electrons. The Morgan fingerprint density at radius 1 is 1.04 bits per heavy atom. The second-order valence-electron chi connectivity index (χ2n) is 16.7. The van der Waals surface area contributed by atoms with Crippen molar-refractivity contribution in [1.82, 2.24) is 29.5 Å². The van der Waals surface area contributed by atoms with Gasteiger partial charge in [-0.25, -0.2) is 8.78 Å². The second kappa shape index (κ2) is 14.1. The van der Waals surface area contributed by atoms with Gasteiger partial charge >= 0.3 is 6.01 Å². The second-order valence-corrected chi connectivity index (χ2v) is 16.7. The van der Waals surface area contributed by atoms with E-state index in [1.165, 1.54) is 24.3 Å². The van der Waals surface area contributed by atoms with Gasteiger partial charge in [0.05, 0.1) is 10.9 Å². The maximum Gasteiger partial charge on any atom is 0.319 e. The molecule has 3 aromatic carbocycles. The van der Waals surface area contributed by atoms with E-state index < -0.39 is 23.1 Å². The van der Waals surface area contributed by atoms with E-state index in [9.17, 15) is 13.9 Å². The molecule has 2 unspecified atom stereocenters. The Bertz CT molecular complexity index is 2490. The van der Waals surface area contributed by atoms with E-state index in [2.05, 4.69) is 15.7 Å². The van der Waals surface area contributed by atoms with Crippen LogP contribution in [0.3, 0.4) is 0 Å². The highest BCUT2D eigenvalue weighted by molar-refractivity contribution is 6.18. The van der Waals surface area contributed by atoms with Crippen LogP contribution in [0.25, 0.3) is 43.7 Å². The van der Waals surface area contributed by atoms with Crippen LogP contribution in [0.4, 0.5) is 23.4 Å². The van der Waals surface area contributed by atoms with E-state index in [4.69, 9.17) is 31.0 Å². The van der Waals surface area contributed by atoms with Gasteiger partial charge in [-0.2, -0.15) is 23.8 Å². The minimum absolute atomic E-state index is 0.0225. The zero-order valence-electron chi connectivity index (χ0n) is 32.5. The molecule has 10 nitrogen and oxygen atoms in total. The van der Waals surface area contributed by atoms with E-state index in [1.807, 2.05) is 11.9 Å². The number of aryl methyl sites for hydroxylation is 1. The Hall–Kier alpha value is -4.97. The van der Waals surface area contributed by atoms with E-state index in [-0.39, 0.29) is 75.6 Å². The number of likely N-dealkylation sites (tertiary alicyclic amines) is 2. The Kier molecular flexibility index (Phi) is 9.33. The van der Waals surface area contributed by atoms with Crippen LogP contribution in [-0.2, 0) is 11.8 Å². The van der Waals surface area contributed by atoms with Gasteiger partial charge in [0.15, 0.2) is 5.82 Å². The van der Waals surface area contributed by atoms with Gasteiger partial charge in [0, 0.05) is 98.6 Å². The number of rotatable bonds is 8. The number of hydrogen-bond donors (Lipinski definition) is 1. The molecule has 1 N–H and O–H groups in total. The zero-order valence-corrected chi connectivity index (χ0v) is 32.5. The maximum absolute atomic E-state index is 17.9. The van der Waals surface area contributed by atoms with Gasteiger partial charge < -0.3 is 24.4 Å². The summed E-state index contributed by atoms with van der Waals surface area (Å²) in [5, 5.41) is 17.3. The molecule has 0 amide bonds. The summed E-state index contributed by atoms with van der Waals surface area (Å²) < 4.78 is 75.1. The third-order valence-electron chi connectivity index (χ3n) is 12.8. The van der Waals surface area contributed by atoms with Crippen molar-refractivity contribution in [2.24, 2.45) is 18.4 Å². The summed E-state index contributed by atoms with van der Waals surface area (Å²) in [6.45, 7) is 4.77. The average molecular weight is 784 g/mol. The molecule has 1 aliphatic carbocycles. The SMILES string of the molecule is C#Cc1c(F)ccc2cc(O)cc(-c3c(F)c4nc(OC[C@]5(C)CN(C)CCC5=C(F)F)nc(N5C6CCC5CN(C5CC(COC)C5)C6)c4c4cn(C)nc34)c12. The fourth-order valence-electron chi connectivity index (χ4n) is 10.2. The summed E-state index contributed by atoms with van der Waals surface area (Å²) in [5.41, 5.74) is -0.787. The molecule has 2 aromatic heterocycles. The van der Waals surface area contributed by atoms with Crippen molar-refractivity contribution in [2.45, 2.75) is 57.2 Å². The largest absolute Gasteiger partial charge is 0.508 e. The van der Waals surface area contributed by atoms with Gasteiger partial charge in [0.1, 0.15) is 35.0 Å². The third kappa shape index (κ3) is 6.26. The number of phenols is 1. The summed E-state index contributed by atoms with van der Waals surface area (Å²) in [7, 11) is 5.35. The van der Waals surface area contributed by atoms with Gasteiger partial charge in [-0.3, -0.25) is 9.58 Å². The van der Waals surface area contributed by atoms with Crippen LogP contribution in [0.5, 0.6) is 11.8 Å². The standard InChI is InChI=1S/C43H45F4N7O3/c1-6-29-33(44)10-7-24-15-28(55)16-30(34(24)29)35-37(45)39-36(31-19-52(4)50-38(31)35)41(49-42(48-39)57-22-43(2)21-51(3)12-11-32(43)40(46)47)54-25-8-9-26(54)18-53(17-25)27-13-23(14-27)20-56-5/h1,7,10,15-16,19,23,25-27,55H,8-9,11-14,17-18,20-22H2,2-5H3/t23?,25?,26?,27?,43-/m0/s1. The van der Waals surface area contributed by atoms with Gasteiger partial charge in [0.25, 0.3) is 6.08 Å². The molecule has 0 spiro atoms. The first-order valence-corrected chi connectivity index (χ1v) is 19.5. The first-order valence-electron chi connectivity index (χ1n) is 19.5. The molecular formula is C43H45F4N7O3. The molecule has 9 rings (SSSR count). The lowest BCUT2D eigenvalue weighted by molar-refractivity contribution is 0.0199. The Labute approximate surface area is 328 Å². The van der Waals surface area contributed by atoms with Crippen LogP contribution in [0.2, 0.25) is 0 Å². The van der Waals surface area contributed by atoms with Crippen LogP contribution in [0.1, 0.15) is 44.6 Å². The molecule has 4 aliphatic rings. The number of piperidine rings is 1. The number of terminal acetylenes is 1. The predicted molar refractivity (Wildman–Crippen MR) is 210 cm³/mol. The topological polar surface area (TPSA) is 92.0 Å². The van der Waals surface area contributed by atoms with Crippen molar-refractivity contribution in [2.75, 3.05) is 58.5 Å². The number of piperazine rings is 1. The molecule has 4 fully saturated rings. The summed E-state index contributed by atoms with van der Waals surface area (Å²) in [6.07, 6.45) is 10.1. The third-order valence-corrected chi connectivity index (χ3v) is 12.8. The number of anilines is 1. The van der Waals surface area contributed by atoms with Gasteiger partial charge in [0.2, 0.25) is 0 Å². The highest BCUT2D eigenvalue weighted by Gasteiger charge is 2.46. The van der Waals surface area contributed by atoms with Crippen LogP contribution in [0.15, 0.2) is 42.1 Å². The molecule has 57 heavy (non-hydrogen) atoms. The highest BCUT2D eigenvalue weighted by atomic mass is 19.3. The normalized spacial score (nSPS) is 25.4. The van der Waals surface area contributed by atoms with E-state index >= 15 is 8.78 Å². The lowest BCUT2D eigenvalue weighted by Crippen LogP contribution is -2.59. The number of aromatic nitrogens is 4. The Morgan fingerprint density at radius 2 is 1.79 bits per heavy atom. The molecule has 2 bridgehead atoms. The van der Waals surface area contributed by atoms with E-state index in [0.29, 0.717) is 47.0 Å². The van der Waals surface area contributed by atoms with Crippen molar-refractivity contribution in [3.05, 3.63) is 59.3 Å². The minimum Gasteiger partial charge on any atom is -0.508 e. The fraction of sp³-hybridized carbons (Fsp3) is 0.465. The van der Waals surface area contributed by atoms with Crippen molar-refractivity contribution >= 4 is 38.4 Å².